The predicted molar refractivity (Wildman–Crippen MR) is 51.8 cm³/mol. The number of ether oxygens (including phenoxy) is 1. The van der Waals surface area contributed by atoms with Crippen molar-refractivity contribution in [1.82, 2.24) is 0 Å². The average Bonchev–Trinajstić information content (AvgIpc) is 2.73. The lowest BCUT2D eigenvalue weighted by atomic mass is 10.3. The number of rotatable bonds is 3. The van der Waals surface area contributed by atoms with E-state index in [-0.39, 0.29) is 5.75 Å². The molecule has 7 heteroatoms. The molecular weight excluding hydrogens is 236 g/mol. The number of hydrogen-bond acceptors (Lipinski definition) is 4. The van der Waals surface area contributed by atoms with Crippen LogP contribution in [0.5, 0.6) is 11.5 Å². The van der Waals surface area contributed by atoms with Crippen molar-refractivity contribution in [2.75, 3.05) is 0 Å². The molecular formula is C10H5F2NO4. The topological polar surface area (TPSA) is 65.5 Å². The summed E-state index contributed by atoms with van der Waals surface area (Å²) in [5, 5.41) is 10.5. The van der Waals surface area contributed by atoms with Crippen molar-refractivity contribution in [3.8, 4) is 11.5 Å². The van der Waals surface area contributed by atoms with E-state index in [4.69, 9.17) is 4.74 Å². The largest absolute Gasteiger partial charge is 0.476 e. The molecule has 0 saturated carbocycles. The van der Waals surface area contributed by atoms with Crippen LogP contribution >= 0.6 is 0 Å². The van der Waals surface area contributed by atoms with E-state index in [1.54, 1.807) is 0 Å². The number of nitrogens with zero attached hydrogens (tertiary/aromatic N) is 1. The molecule has 0 saturated heterocycles. The average molecular weight is 241 g/mol. The first-order valence-corrected chi connectivity index (χ1v) is 4.43. The smallest absolute Gasteiger partial charge is 0.443 e. The number of hydrogen-bond donors (Lipinski definition) is 0. The van der Waals surface area contributed by atoms with Crippen LogP contribution in [0.3, 0.4) is 0 Å². The van der Waals surface area contributed by atoms with Crippen LogP contribution in [-0.2, 0) is 0 Å². The third-order valence-electron chi connectivity index (χ3n) is 1.91. The van der Waals surface area contributed by atoms with E-state index in [2.05, 4.69) is 4.42 Å². The minimum absolute atomic E-state index is 0.292. The minimum atomic E-state index is -1.22. The van der Waals surface area contributed by atoms with Crippen LogP contribution in [0.25, 0.3) is 0 Å². The second kappa shape index (κ2) is 4.20. The predicted octanol–water partition coefficient (Wildman–Crippen LogP) is 3.26. The Kier molecular flexibility index (Phi) is 2.73. The molecule has 0 fully saturated rings. The van der Waals surface area contributed by atoms with Gasteiger partial charge in [-0.25, -0.2) is 4.39 Å². The summed E-state index contributed by atoms with van der Waals surface area (Å²) < 4.78 is 35.5. The Bertz CT molecular complexity index is 567. The van der Waals surface area contributed by atoms with Crippen LogP contribution in [0.4, 0.5) is 14.7 Å². The first-order valence-electron chi connectivity index (χ1n) is 4.43. The normalized spacial score (nSPS) is 10.2. The van der Waals surface area contributed by atoms with Crippen LogP contribution in [-0.4, -0.2) is 4.92 Å². The van der Waals surface area contributed by atoms with Gasteiger partial charge in [-0.2, -0.15) is 4.39 Å². The zero-order valence-electron chi connectivity index (χ0n) is 8.22. The second-order valence-corrected chi connectivity index (χ2v) is 3.00. The maximum Gasteiger partial charge on any atom is 0.476 e. The first kappa shape index (κ1) is 11.1. The lowest BCUT2D eigenvalue weighted by molar-refractivity contribution is -0.402. The summed E-state index contributed by atoms with van der Waals surface area (Å²) in [4.78, 5) is 9.66. The van der Waals surface area contributed by atoms with Crippen molar-refractivity contribution in [3.63, 3.8) is 0 Å². The van der Waals surface area contributed by atoms with Gasteiger partial charge in [0.15, 0.2) is 11.6 Å². The highest BCUT2D eigenvalue weighted by molar-refractivity contribution is 5.40. The van der Waals surface area contributed by atoms with E-state index in [9.17, 15) is 18.9 Å². The van der Waals surface area contributed by atoms with Gasteiger partial charge in [0.1, 0.15) is 11.2 Å². The standard InChI is InChI=1S/C10H5F2NO4/c11-6-2-1-3-7(9(6)12)17-8-4-5-16-10(8)13(14)15/h1-5H. The molecule has 5 nitrogen and oxygen atoms in total. The summed E-state index contributed by atoms with van der Waals surface area (Å²) in [7, 11) is 0. The lowest BCUT2D eigenvalue weighted by Crippen LogP contribution is -1.93. The highest BCUT2D eigenvalue weighted by Crippen LogP contribution is 2.33. The summed E-state index contributed by atoms with van der Waals surface area (Å²) in [5.41, 5.74) is 0. The molecule has 0 radical (unpaired) electrons. The van der Waals surface area contributed by atoms with Crippen LogP contribution in [0.15, 0.2) is 34.9 Å². The first-order chi connectivity index (χ1) is 8.09. The van der Waals surface area contributed by atoms with Gasteiger partial charge in [0.25, 0.3) is 0 Å². The van der Waals surface area contributed by atoms with Gasteiger partial charge in [0.2, 0.25) is 11.6 Å². The third kappa shape index (κ3) is 2.07. The summed E-state index contributed by atoms with van der Waals surface area (Å²) in [6.45, 7) is 0. The van der Waals surface area contributed by atoms with E-state index < -0.39 is 28.2 Å². The molecule has 1 heterocycles. The van der Waals surface area contributed by atoms with Gasteiger partial charge < -0.3 is 9.15 Å². The van der Waals surface area contributed by atoms with E-state index in [1.165, 1.54) is 6.07 Å². The molecule has 1 aromatic heterocycles. The Balaban J connectivity index is 2.35. The molecule has 0 amide bonds. The van der Waals surface area contributed by atoms with E-state index in [0.29, 0.717) is 0 Å². The van der Waals surface area contributed by atoms with Crippen molar-refractivity contribution in [1.29, 1.82) is 0 Å². The molecule has 88 valence electrons. The Hall–Kier alpha value is -2.44. The summed E-state index contributed by atoms with van der Waals surface area (Å²) in [6, 6.07) is 4.42. The number of furan rings is 1. The maximum atomic E-state index is 13.2. The summed E-state index contributed by atoms with van der Waals surface area (Å²) in [5.74, 6) is -3.74. The molecule has 0 unspecified atom stereocenters. The SMILES string of the molecule is O=[N+]([O-])c1occc1Oc1cccc(F)c1F. The fourth-order valence-electron chi connectivity index (χ4n) is 1.18. The second-order valence-electron chi connectivity index (χ2n) is 3.00. The Morgan fingerprint density at radius 2 is 2.00 bits per heavy atom. The van der Waals surface area contributed by atoms with Crippen molar-refractivity contribution < 1.29 is 22.9 Å². The highest BCUT2D eigenvalue weighted by atomic mass is 19.2. The Morgan fingerprint density at radius 1 is 1.24 bits per heavy atom. The molecule has 0 aliphatic rings. The van der Waals surface area contributed by atoms with Crippen LogP contribution < -0.4 is 4.74 Å². The van der Waals surface area contributed by atoms with E-state index in [1.807, 2.05) is 0 Å². The Morgan fingerprint density at radius 3 is 2.71 bits per heavy atom. The molecule has 0 spiro atoms. The van der Waals surface area contributed by atoms with Gasteiger partial charge in [-0.1, -0.05) is 6.07 Å². The van der Waals surface area contributed by atoms with Gasteiger partial charge in [-0.3, -0.25) is 10.1 Å². The van der Waals surface area contributed by atoms with Crippen LogP contribution in [0.1, 0.15) is 0 Å². The van der Waals surface area contributed by atoms with Gasteiger partial charge in [0.05, 0.1) is 0 Å². The highest BCUT2D eigenvalue weighted by Gasteiger charge is 2.22. The van der Waals surface area contributed by atoms with Crippen molar-refractivity contribution in [2.24, 2.45) is 0 Å². The zero-order chi connectivity index (χ0) is 12.4. The number of nitro groups is 1. The molecule has 0 aliphatic heterocycles. The maximum absolute atomic E-state index is 13.2. The molecule has 2 aromatic rings. The molecule has 1 aromatic carbocycles. The quantitative estimate of drug-likeness (QED) is 0.611. The lowest BCUT2D eigenvalue weighted by Gasteiger charge is -2.03. The third-order valence-corrected chi connectivity index (χ3v) is 1.91. The summed E-state index contributed by atoms with van der Waals surface area (Å²) in [6.07, 6.45) is 1.02. The fourth-order valence-corrected chi connectivity index (χ4v) is 1.18. The molecule has 17 heavy (non-hydrogen) atoms. The fraction of sp³-hybridized carbons (Fsp3) is 0. The van der Waals surface area contributed by atoms with Gasteiger partial charge >= 0.3 is 5.88 Å². The van der Waals surface area contributed by atoms with E-state index in [0.717, 1.165) is 24.5 Å². The van der Waals surface area contributed by atoms with Crippen molar-refractivity contribution in [2.45, 2.75) is 0 Å². The zero-order valence-corrected chi connectivity index (χ0v) is 8.22. The Labute approximate surface area is 93.4 Å². The monoisotopic (exact) mass is 241 g/mol. The molecule has 0 aliphatic carbocycles. The number of benzene rings is 1. The molecule has 0 N–H and O–H groups in total. The molecule has 2 rings (SSSR count). The number of halogens is 2. The van der Waals surface area contributed by atoms with Crippen molar-refractivity contribution >= 4 is 5.88 Å². The molecule has 0 atom stereocenters. The van der Waals surface area contributed by atoms with Gasteiger partial charge in [-0.05, 0) is 12.1 Å². The van der Waals surface area contributed by atoms with Gasteiger partial charge in [0, 0.05) is 6.07 Å². The van der Waals surface area contributed by atoms with Crippen LogP contribution in [0, 0.1) is 21.7 Å². The van der Waals surface area contributed by atoms with E-state index >= 15 is 0 Å². The van der Waals surface area contributed by atoms with Crippen LogP contribution in [0.2, 0.25) is 0 Å². The minimum Gasteiger partial charge on any atom is -0.443 e. The van der Waals surface area contributed by atoms with Crippen molar-refractivity contribution in [3.05, 3.63) is 52.3 Å². The van der Waals surface area contributed by atoms with Gasteiger partial charge in [-0.15, -0.1) is 0 Å². The summed E-state index contributed by atoms with van der Waals surface area (Å²) >= 11 is 0. The molecule has 0 bridgehead atoms.